The van der Waals surface area contributed by atoms with E-state index in [4.69, 9.17) is 4.74 Å². The van der Waals surface area contributed by atoms with Gasteiger partial charge in [-0.25, -0.2) is 0 Å². The lowest BCUT2D eigenvalue weighted by Gasteiger charge is -2.55. The highest BCUT2D eigenvalue weighted by Crippen LogP contribution is 2.49. The normalized spacial score (nSPS) is 23.6. The first kappa shape index (κ1) is 16.4. The summed E-state index contributed by atoms with van der Waals surface area (Å²) in [6.07, 6.45) is 6.14. The minimum atomic E-state index is 0.304. The van der Waals surface area contributed by atoms with Gasteiger partial charge < -0.3 is 10.1 Å². The molecule has 21 heavy (non-hydrogen) atoms. The Morgan fingerprint density at radius 1 is 1.10 bits per heavy atom. The Morgan fingerprint density at radius 2 is 1.76 bits per heavy atom. The number of rotatable bonds is 8. The molecule has 1 aromatic carbocycles. The molecule has 1 N–H and O–H groups in total. The molecule has 2 atom stereocenters. The Bertz CT molecular complexity index is 422. The Morgan fingerprint density at radius 3 is 2.29 bits per heavy atom. The number of nitrogens with one attached hydrogen (secondary N) is 1. The Balaban J connectivity index is 2.02. The third-order valence-electron chi connectivity index (χ3n) is 5.35. The largest absolute Gasteiger partial charge is 0.490 e. The van der Waals surface area contributed by atoms with E-state index >= 15 is 0 Å². The first-order valence-electron chi connectivity index (χ1n) is 8.69. The highest BCUT2D eigenvalue weighted by atomic mass is 16.5. The fraction of sp³-hybridized carbons (Fsp3) is 0.684. The summed E-state index contributed by atoms with van der Waals surface area (Å²) in [5, 5.41) is 3.72. The molecule has 0 bridgehead atoms. The average molecular weight is 289 g/mol. The van der Waals surface area contributed by atoms with Crippen LogP contribution in [0.2, 0.25) is 0 Å². The summed E-state index contributed by atoms with van der Waals surface area (Å²) < 4.78 is 6.32. The van der Waals surface area contributed by atoms with E-state index in [1.54, 1.807) is 0 Å². The molecule has 1 aromatic rings. The van der Waals surface area contributed by atoms with Crippen molar-refractivity contribution in [2.45, 2.75) is 71.9 Å². The molecule has 0 heterocycles. The zero-order chi connectivity index (χ0) is 15.3. The van der Waals surface area contributed by atoms with Crippen LogP contribution in [0.1, 0.15) is 58.9 Å². The summed E-state index contributed by atoms with van der Waals surface area (Å²) >= 11 is 0. The van der Waals surface area contributed by atoms with Crippen molar-refractivity contribution in [2.75, 3.05) is 6.54 Å². The molecular formula is C19H31NO. The lowest BCUT2D eigenvalue weighted by Crippen LogP contribution is -2.64. The van der Waals surface area contributed by atoms with Crippen LogP contribution in [0.5, 0.6) is 5.75 Å². The maximum atomic E-state index is 6.32. The van der Waals surface area contributed by atoms with Crippen LogP contribution in [0.25, 0.3) is 0 Å². The molecule has 1 aliphatic carbocycles. The molecule has 2 heteroatoms. The molecule has 2 unspecified atom stereocenters. The van der Waals surface area contributed by atoms with Crippen molar-refractivity contribution in [1.29, 1.82) is 0 Å². The molecule has 1 saturated carbocycles. The zero-order valence-corrected chi connectivity index (χ0v) is 14.1. The molecule has 0 saturated heterocycles. The van der Waals surface area contributed by atoms with E-state index in [1.165, 1.54) is 24.8 Å². The highest BCUT2D eigenvalue weighted by Gasteiger charge is 2.53. The van der Waals surface area contributed by atoms with Gasteiger partial charge in [0.1, 0.15) is 11.9 Å². The highest BCUT2D eigenvalue weighted by molar-refractivity contribution is 5.28. The molecule has 2 nitrogen and oxygen atoms in total. The van der Waals surface area contributed by atoms with Crippen molar-refractivity contribution in [3.05, 3.63) is 29.8 Å². The number of hydrogen-bond acceptors (Lipinski definition) is 2. The Labute approximate surface area is 130 Å². The van der Waals surface area contributed by atoms with Crippen LogP contribution in [0.15, 0.2) is 24.3 Å². The molecule has 0 aliphatic heterocycles. The van der Waals surface area contributed by atoms with Gasteiger partial charge in [0.15, 0.2) is 0 Å². The molecular weight excluding hydrogens is 258 g/mol. The second kappa shape index (κ2) is 7.31. The summed E-state index contributed by atoms with van der Waals surface area (Å²) in [5.74, 6) is 1.03. The van der Waals surface area contributed by atoms with Crippen LogP contribution in [0.3, 0.4) is 0 Å². The summed E-state index contributed by atoms with van der Waals surface area (Å²) in [4.78, 5) is 0. The predicted octanol–water partition coefficient (Wildman–Crippen LogP) is 4.57. The number of aryl methyl sites for hydroxylation is 1. The summed E-state index contributed by atoms with van der Waals surface area (Å²) in [5.41, 5.74) is 1.68. The van der Waals surface area contributed by atoms with Gasteiger partial charge in [-0.3, -0.25) is 0 Å². The second-order valence-electron chi connectivity index (χ2n) is 6.29. The van der Waals surface area contributed by atoms with Crippen molar-refractivity contribution in [3.63, 3.8) is 0 Å². The van der Waals surface area contributed by atoms with Crippen LogP contribution < -0.4 is 10.1 Å². The standard InChI is InChI=1S/C19H31NO/c1-5-13-20-17-14-18(19(17,7-3)8-4)21-16-11-9-15(6-2)10-12-16/h9-12,17-18,20H,5-8,13-14H2,1-4H3. The van der Waals surface area contributed by atoms with Gasteiger partial charge in [-0.2, -0.15) is 0 Å². The fourth-order valence-electron chi connectivity index (χ4n) is 3.68. The second-order valence-corrected chi connectivity index (χ2v) is 6.29. The van der Waals surface area contributed by atoms with E-state index in [0.29, 0.717) is 17.6 Å². The number of ether oxygens (including phenoxy) is 1. The quantitative estimate of drug-likeness (QED) is 0.756. The van der Waals surface area contributed by atoms with Crippen molar-refractivity contribution in [1.82, 2.24) is 5.32 Å². The molecule has 1 fully saturated rings. The van der Waals surface area contributed by atoms with Crippen LogP contribution >= 0.6 is 0 Å². The van der Waals surface area contributed by atoms with Crippen LogP contribution in [-0.4, -0.2) is 18.7 Å². The van der Waals surface area contributed by atoms with Crippen LogP contribution in [0.4, 0.5) is 0 Å². The lowest BCUT2D eigenvalue weighted by molar-refractivity contribution is -0.0858. The third kappa shape index (κ3) is 3.26. The van der Waals surface area contributed by atoms with E-state index < -0.39 is 0 Å². The minimum Gasteiger partial charge on any atom is -0.490 e. The van der Waals surface area contributed by atoms with Gasteiger partial charge in [-0.15, -0.1) is 0 Å². The molecule has 0 radical (unpaired) electrons. The van der Waals surface area contributed by atoms with Gasteiger partial charge in [0, 0.05) is 17.9 Å². The van der Waals surface area contributed by atoms with E-state index in [0.717, 1.165) is 25.1 Å². The van der Waals surface area contributed by atoms with E-state index in [9.17, 15) is 0 Å². The maximum Gasteiger partial charge on any atom is 0.119 e. The van der Waals surface area contributed by atoms with Gasteiger partial charge in [-0.05, 0) is 49.9 Å². The Hall–Kier alpha value is -1.02. The average Bonchev–Trinajstić information content (AvgIpc) is 2.52. The SMILES string of the molecule is CCCNC1CC(Oc2ccc(CC)cc2)C1(CC)CC. The van der Waals surface area contributed by atoms with Crippen LogP contribution in [0, 0.1) is 5.41 Å². The lowest BCUT2D eigenvalue weighted by atomic mass is 9.58. The molecule has 0 aromatic heterocycles. The summed E-state index contributed by atoms with van der Waals surface area (Å²) in [7, 11) is 0. The predicted molar refractivity (Wildman–Crippen MR) is 89.9 cm³/mol. The Kier molecular flexibility index (Phi) is 5.69. The van der Waals surface area contributed by atoms with Crippen molar-refractivity contribution in [2.24, 2.45) is 5.41 Å². The number of hydrogen-bond donors (Lipinski definition) is 1. The minimum absolute atomic E-state index is 0.304. The maximum absolute atomic E-state index is 6.32. The van der Waals surface area contributed by atoms with Crippen molar-refractivity contribution >= 4 is 0 Å². The monoisotopic (exact) mass is 289 g/mol. The summed E-state index contributed by atoms with van der Waals surface area (Å²) in [6.45, 7) is 10.1. The zero-order valence-electron chi connectivity index (χ0n) is 14.1. The van der Waals surface area contributed by atoms with Crippen LogP contribution in [-0.2, 0) is 6.42 Å². The number of benzene rings is 1. The van der Waals surface area contributed by atoms with Gasteiger partial charge in [0.05, 0.1) is 0 Å². The van der Waals surface area contributed by atoms with E-state index in [2.05, 4.69) is 57.3 Å². The third-order valence-corrected chi connectivity index (χ3v) is 5.35. The first-order valence-corrected chi connectivity index (χ1v) is 8.69. The molecule has 1 aliphatic rings. The van der Waals surface area contributed by atoms with E-state index in [-0.39, 0.29) is 0 Å². The van der Waals surface area contributed by atoms with Gasteiger partial charge >= 0.3 is 0 Å². The van der Waals surface area contributed by atoms with Crippen molar-refractivity contribution in [3.8, 4) is 5.75 Å². The molecule has 0 spiro atoms. The fourth-order valence-corrected chi connectivity index (χ4v) is 3.68. The van der Waals surface area contributed by atoms with Gasteiger partial charge in [-0.1, -0.05) is 39.8 Å². The molecule has 0 amide bonds. The topological polar surface area (TPSA) is 21.3 Å². The molecule has 2 rings (SSSR count). The smallest absolute Gasteiger partial charge is 0.119 e. The van der Waals surface area contributed by atoms with E-state index in [1.807, 2.05) is 0 Å². The van der Waals surface area contributed by atoms with Gasteiger partial charge in [0.25, 0.3) is 0 Å². The molecule has 118 valence electrons. The van der Waals surface area contributed by atoms with Gasteiger partial charge in [0.2, 0.25) is 0 Å². The first-order chi connectivity index (χ1) is 10.2. The van der Waals surface area contributed by atoms with Crippen molar-refractivity contribution < 1.29 is 4.74 Å². The summed E-state index contributed by atoms with van der Waals surface area (Å²) in [6, 6.07) is 9.23.